The van der Waals surface area contributed by atoms with Crippen molar-refractivity contribution < 1.29 is 31.7 Å². The number of hydrogen-bond donors (Lipinski definition) is 0. The highest BCUT2D eigenvalue weighted by molar-refractivity contribution is 7.49. The van der Waals surface area contributed by atoms with Gasteiger partial charge in [0.05, 0.1) is 0 Å². The van der Waals surface area contributed by atoms with Crippen LogP contribution in [0.1, 0.15) is 0 Å². The van der Waals surface area contributed by atoms with E-state index < -0.39 is 16.1 Å². The first kappa shape index (κ1) is 26.2. The number of para-hydroxylation sites is 3. The summed E-state index contributed by atoms with van der Waals surface area (Å²) >= 11 is 0. The lowest BCUT2D eigenvalue weighted by Crippen LogP contribution is -2.07. The molecule has 1 atom stereocenters. The third-order valence-electron chi connectivity index (χ3n) is 5.33. The summed E-state index contributed by atoms with van der Waals surface area (Å²) in [4.78, 5) is 0. The molecule has 0 aliphatic heterocycles. The molecule has 0 heterocycles. The van der Waals surface area contributed by atoms with E-state index in [0.29, 0.717) is 28.7 Å². The highest BCUT2D eigenvalue weighted by Gasteiger charge is 2.33. The van der Waals surface area contributed by atoms with Crippen molar-refractivity contribution in [3.05, 3.63) is 140 Å². The van der Waals surface area contributed by atoms with E-state index in [9.17, 15) is 9.13 Å². The Morgan fingerprint density at radius 2 is 0.718 bits per heavy atom. The average Bonchev–Trinajstić information content (AvgIpc) is 2.95. The van der Waals surface area contributed by atoms with Gasteiger partial charge in [-0.25, -0.2) is 4.57 Å². The molecular formula is C30H24O7P2. The Balaban J connectivity index is 1.26. The second-order valence-electron chi connectivity index (χ2n) is 8.16. The Bertz CT molecular complexity index is 1500. The van der Waals surface area contributed by atoms with Gasteiger partial charge in [-0.05, 0) is 71.8 Å². The van der Waals surface area contributed by atoms with Crippen LogP contribution in [0.4, 0.5) is 0 Å². The minimum atomic E-state index is -4.07. The smallest absolute Gasteiger partial charge is 0.418 e. The van der Waals surface area contributed by atoms with Gasteiger partial charge < -0.3 is 22.6 Å². The first-order chi connectivity index (χ1) is 19.0. The first-order valence-corrected chi connectivity index (χ1v) is 14.7. The van der Waals surface area contributed by atoms with Gasteiger partial charge in [-0.2, -0.15) is 4.57 Å². The first-order valence-electron chi connectivity index (χ1n) is 12.0. The lowest BCUT2D eigenvalue weighted by molar-refractivity contribution is 0.298. The lowest BCUT2D eigenvalue weighted by Gasteiger charge is -2.19. The Labute approximate surface area is 227 Å². The van der Waals surface area contributed by atoms with Crippen molar-refractivity contribution in [3.8, 4) is 39.9 Å². The fraction of sp³-hybridized carbons (Fsp3) is 0. The Morgan fingerprint density at radius 3 is 1.13 bits per heavy atom. The Kier molecular flexibility index (Phi) is 8.33. The van der Waals surface area contributed by atoms with Gasteiger partial charge >= 0.3 is 16.1 Å². The van der Waals surface area contributed by atoms with E-state index in [1.54, 1.807) is 97.1 Å². The molecule has 0 N–H and O–H groups in total. The highest BCUT2D eigenvalue weighted by Crippen LogP contribution is 2.49. The molecule has 0 aliphatic rings. The summed E-state index contributed by atoms with van der Waals surface area (Å²) in [7, 11) is -6.83. The monoisotopic (exact) mass is 558 g/mol. The van der Waals surface area contributed by atoms with Crippen molar-refractivity contribution in [1.82, 2.24) is 0 Å². The number of hydrogen-bond acceptors (Lipinski definition) is 7. The van der Waals surface area contributed by atoms with Crippen LogP contribution >= 0.6 is 16.1 Å². The molecule has 0 aliphatic carbocycles. The standard InChI is InChI=1S/C30H24O7P2/c31-38(33-26-10-4-1-5-11-26)34-27-20-16-24(17-21-27)25-18-22-30(23-19-25)37-39(32,35-28-12-6-2-7-13-28)36-29-14-8-3-9-15-29/h1-23,38H. The van der Waals surface area contributed by atoms with Crippen molar-refractivity contribution in [2.24, 2.45) is 0 Å². The van der Waals surface area contributed by atoms with E-state index in [2.05, 4.69) is 0 Å². The third-order valence-corrected chi connectivity index (χ3v) is 7.43. The molecule has 5 aromatic carbocycles. The quantitative estimate of drug-likeness (QED) is 0.150. The van der Waals surface area contributed by atoms with Crippen LogP contribution in [0.25, 0.3) is 11.1 Å². The van der Waals surface area contributed by atoms with Gasteiger partial charge in [-0.1, -0.05) is 78.9 Å². The van der Waals surface area contributed by atoms with Crippen LogP contribution in [0.15, 0.2) is 140 Å². The molecule has 39 heavy (non-hydrogen) atoms. The van der Waals surface area contributed by atoms with Crippen molar-refractivity contribution in [3.63, 3.8) is 0 Å². The number of phosphoric ester groups is 1. The molecule has 0 amide bonds. The maximum Gasteiger partial charge on any atom is 0.647 e. The molecule has 9 heteroatoms. The SMILES string of the molecule is O=[PH](Oc1ccccc1)Oc1ccc(-c2ccc(OP(=O)(Oc3ccccc3)Oc3ccccc3)cc2)cc1. The number of benzene rings is 5. The molecule has 0 radical (unpaired) electrons. The van der Waals surface area contributed by atoms with Crippen molar-refractivity contribution >= 4 is 16.1 Å². The van der Waals surface area contributed by atoms with Crippen LogP contribution in [0, 0.1) is 0 Å². The van der Waals surface area contributed by atoms with E-state index in [1.807, 2.05) is 42.5 Å². The Hall–Kier alpha value is -4.44. The molecule has 0 fully saturated rings. The molecule has 1 unspecified atom stereocenters. The van der Waals surface area contributed by atoms with Gasteiger partial charge in [-0.15, -0.1) is 0 Å². The molecule has 0 saturated heterocycles. The third kappa shape index (κ3) is 7.55. The van der Waals surface area contributed by atoms with Crippen LogP contribution < -0.4 is 22.6 Å². The zero-order valence-electron chi connectivity index (χ0n) is 20.6. The van der Waals surface area contributed by atoms with Crippen LogP contribution in [0.5, 0.6) is 28.7 Å². The fourth-order valence-electron chi connectivity index (χ4n) is 3.53. The molecule has 0 spiro atoms. The van der Waals surface area contributed by atoms with Crippen LogP contribution in [0.3, 0.4) is 0 Å². The van der Waals surface area contributed by atoms with Crippen molar-refractivity contribution in [2.45, 2.75) is 0 Å². The Morgan fingerprint density at radius 1 is 0.410 bits per heavy atom. The van der Waals surface area contributed by atoms with E-state index in [-0.39, 0.29) is 0 Å². The van der Waals surface area contributed by atoms with Crippen molar-refractivity contribution in [2.75, 3.05) is 0 Å². The van der Waals surface area contributed by atoms with Crippen molar-refractivity contribution in [1.29, 1.82) is 0 Å². The topological polar surface area (TPSA) is 80.3 Å². The number of phosphoric acid groups is 1. The molecule has 5 rings (SSSR count). The summed E-state index contributed by atoms with van der Waals surface area (Å²) in [6.07, 6.45) is 0. The maximum absolute atomic E-state index is 13.6. The highest BCUT2D eigenvalue weighted by atomic mass is 31.2. The summed E-state index contributed by atoms with van der Waals surface area (Å²) < 4.78 is 53.7. The number of rotatable bonds is 11. The van der Waals surface area contributed by atoms with Gasteiger partial charge in [0.25, 0.3) is 0 Å². The molecule has 5 aromatic rings. The zero-order valence-corrected chi connectivity index (χ0v) is 22.5. The fourth-order valence-corrected chi connectivity index (χ4v) is 5.48. The van der Waals surface area contributed by atoms with Crippen LogP contribution in [-0.2, 0) is 9.13 Å². The van der Waals surface area contributed by atoms with Crippen LogP contribution in [0.2, 0.25) is 0 Å². The maximum atomic E-state index is 13.6. The van der Waals surface area contributed by atoms with Crippen LogP contribution in [-0.4, -0.2) is 0 Å². The summed E-state index contributed by atoms with van der Waals surface area (Å²) in [5.41, 5.74) is 1.77. The average molecular weight is 558 g/mol. The van der Waals surface area contributed by atoms with Gasteiger partial charge in [0.1, 0.15) is 28.7 Å². The lowest BCUT2D eigenvalue weighted by atomic mass is 10.1. The van der Waals surface area contributed by atoms with E-state index in [4.69, 9.17) is 22.6 Å². The molecule has 0 saturated carbocycles. The largest absolute Gasteiger partial charge is 0.647 e. The second-order valence-corrected chi connectivity index (χ2v) is 10.5. The van der Waals surface area contributed by atoms with E-state index in [0.717, 1.165) is 11.1 Å². The minimum absolute atomic E-state index is 0.311. The van der Waals surface area contributed by atoms with Gasteiger partial charge in [-0.3, -0.25) is 0 Å². The normalized spacial score (nSPS) is 11.7. The molecule has 0 bridgehead atoms. The van der Waals surface area contributed by atoms with Gasteiger partial charge in [0, 0.05) is 0 Å². The summed E-state index contributed by atoms with van der Waals surface area (Å²) in [6, 6.07) is 40.4. The molecule has 196 valence electrons. The second kappa shape index (κ2) is 12.4. The van der Waals surface area contributed by atoms with Gasteiger partial charge in [0.15, 0.2) is 0 Å². The molecular weight excluding hydrogens is 534 g/mol. The molecule has 0 aromatic heterocycles. The van der Waals surface area contributed by atoms with E-state index in [1.165, 1.54) is 0 Å². The predicted octanol–water partition coefficient (Wildman–Crippen LogP) is 8.85. The molecule has 7 nitrogen and oxygen atoms in total. The summed E-state index contributed by atoms with van der Waals surface area (Å²) in [5, 5.41) is 0. The van der Waals surface area contributed by atoms with E-state index >= 15 is 0 Å². The van der Waals surface area contributed by atoms with Gasteiger partial charge in [0.2, 0.25) is 0 Å². The minimum Gasteiger partial charge on any atom is -0.418 e. The predicted molar refractivity (Wildman–Crippen MR) is 151 cm³/mol. The summed E-state index contributed by atoms with van der Waals surface area (Å²) in [6.45, 7) is 0. The summed E-state index contributed by atoms with van der Waals surface area (Å²) in [5.74, 6) is 1.93. The zero-order chi connectivity index (χ0) is 26.9.